The molecule has 24 heavy (non-hydrogen) atoms. The van der Waals surface area contributed by atoms with Crippen LogP contribution in [-0.4, -0.2) is 65.8 Å². The van der Waals surface area contributed by atoms with Crippen molar-refractivity contribution in [3.05, 3.63) is 17.5 Å². The Morgan fingerprint density at radius 1 is 1.38 bits per heavy atom. The first-order valence-electron chi connectivity index (χ1n) is 8.75. The van der Waals surface area contributed by atoms with Crippen molar-refractivity contribution in [1.29, 1.82) is 0 Å². The first kappa shape index (κ1) is 16.9. The molecule has 1 saturated heterocycles. The van der Waals surface area contributed by atoms with E-state index in [1.54, 1.807) is 10.7 Å². The van der Waals surface area contributed by atoms with Gasteiger partial charge in [0, 0.05) is 32.2 Å². The number of carbonyl (C=O) groups excluding carboxylic acids is 2. The monoisotopic (exact) mass is 334 g/mol. The van der Waals surface area contributed by atoms with Gasteiger partial charge in [0.25, 0.3) is 11.8 Å². The summed E-state index contributed by atoms with van der Waals surface area (Å²) in [5, 5.41) is 10.3. The van der Waals surface area contributed by atoms with Crippen molar-refractivity contribution in [2.24, 2.45) is 11.7 Å². The zero-order valence-electron chi connectivity index (χ0n) is 14.0. The van der Waals surface area contributed by atoms with Crippen molar-refractivity contribution in [1.82, 2.24) is 25.3 Å². The number of nitrogens with one attached hydrogen (secondary N) is 2. The number of rotatable bonds is 6. The number of aromatic nitrogens is 2. The summed E-state index contributed by atoms with van der Waals surface area (Å²) >= 11 is 0. The minimum atomic E-state index is -0.281. The number of carbonyl (C=O) groups is 2. The summed E-state index contributed by atoms with van der Waals surface area (Å²) in [6.07, 6.45) is 3.42. The maximum Gasteiger partial charge on any atom is 0.272 e. The molecular weight excluding hydrogens is 308 g/mol. The van der Waals surface area contributed by atoms with Crippen LogP contribution >= 0.6 is 0 Å². The molecule has 4 N–H and O–H groups in total. The number of nitrogens with two attached hydrogens (primary N) is 1. The second-order valence-electron chi connectivity index (χ2n) is 6.46. The Morgan fingerprint density at radius 2 is 2.17 bits per heavy atom. The van der Waals surface area contributed by atoms with Gasteiger partial charge in [-0.15, -0.1) is 0 Å². The standard InChI is InChI=1S/C16H26N6O2/c17-4-7-19-15(23)13-11-14-16(24)21(9-10-22(14)20-13)8-3-12-1-5-18-6-2-12/h11-12,18H,1-10,17H2,(H,19,23). The minimum Gasteiger partial charge on any atom is -0.349 e. The number of nitrogens with zero attached hydrogens (tertiary/aromatic N) is 3. The molecule has 0 bridgehead atoms. The van der Waals surface area contributed by atoms with Crippen LogP contribution in [0.3, 0.4) is 0 Å². The summed E-state index contributed by atoms with van der Waals surface area (Å²) in [4.78, 5) is 26.5. The summed E-state index contributed by atoms with van der Waals surface area (Å²) < 4.78 is 1.64. The second-order valence-corrected chi connectivity index (χ2v) is 6.46. The lowest BCUT2D eigenvalue weighted by Crippen LogP contribution is -2.41. The van der Waals surface area contributed by atoms with Gasteiger partial charge in [-0.1, -0.05) is 0 Å². The van der Waals surface area contributed by atoms with Crippen molar-refractivity contribution in [3.8, 4) is 0 Å². The maximum atomic E-state index is 12.6. The molecule has 0 atom stereocenters. The number of hydrogen-bond donors (Lipinski definition) is 3. The highest BCUT2D eigenvalue weighted by molar-refractivity contribution is 5.98. The van der Waals surface area contributed by atoms with Gasteiger partial charge in [0.05, 0.1) is 6.54 Å². The molecule has 1 fully saturated rings. The second kappa shape index (κ2) is 7.76. The van der Waals surface area contributed by atoms with E-state index in [4.69, 9.17) is 5.73 Å². The van der Waals surface area contributed by atoms with Crippen LogP contribution in [0.1, 0.15) is 40.2 Å². The molecule has 0 saturated carbocycles. The molecule has 2 aliphatic heterocycles. The lowest BCUT2D eigenvalue weighted by molar-refractivity contribution is 0.0683. The van der Waals surface area contributed by atoms with Crippen molar-refractivity contribution in [3.63, 3.8) is 0 Å². The quantitative estimate of drug-likeness (QED) is 0.645. The molecule has 8 nitrogen and oxygen atoms in total. The van der Waals surface area contributed by atoms with Crippen molar-refractivity contribution in [2.45, 2.75) is 25.8 Å². The molecule has 3 heterocycles. The fourth-order valence-corrected chi connectivity index (χ4v) is 3.35. The Hall–Kier alpha value is -1.93. The molecule has 1 aromatic heterocycles. The van der Waals surface area contributed by atoms with Crippen molar-refractivity contribution < 1.29 is 9.59 Å². The van der Waals surface area contributed by atoms with Gasteiger partial charge in [-0.2, -0.15) is 5.10 Å². The van der Waals surface area contributed by atoms with Crippen molar-refractivity contribution in [2.75, 3.05) is 39.3 Å². The topological polar surface area (TPSA) is 105 Å². The minimum absolute atomic E-state index is 0.0273. The van der Waals surface area contributed by atoms with E-state index in [1.807, 2.05) is 4.90 Å². The van der Waals surface area contributed by atoms with E-state index in [-0.39, 0.29) is 17.5 Å². The first-order valence-corrected chi connectivity index (χ1v) is 8.75. The molecule has 0 aliphatic carbocycles. The van der Waals surface area contributed by atoms with Crippen LogP contribution in [-0.2, 0) is 6.54 Å². The zero-order chi connectivity index (χ0) is 16.9. The summed E-state index contributed by atoms with van der Waals surface area (Å²) in [5.74, 6) is 0.389. The number of piperidine rings is 1. The van der Waals surface area contributed by atoms with Gasteiger partial charge in [-0.25, -0.2) is 0 Å². The molecule has 0 radical (unpaired) electrons. The highest BCUT2D eigenvalue weighted by atomic mass is 16.2. The predicted octanol–water partition coefficient (Wildman–Crippen LogP) is -0.583. The summed E-state index contributed by atoms with van der Waals surface area (Å²) in [6.45, 7) is 5.00. The fraction of sp³-hybridized carbons (Fsp3) is 0.688. The van der Waals surface area contributed by atoms with Gasteiger partial charge in [-0.3, -0.25) is 14.3 Å². The summed E-state index contributed by atoms with van der Waals surface area (Å²) in [7, 11) is 0. The molecule has 0 unspecified atom stereocenters. The van der Waals surface area contributed by atoms with Crippen LogP contribution in [0.5, 0.6) is 0 Å². The lowest BCUT2D eigenvalue weighted by atomic mass is 9.94. The first-order chi connectivity index (χ1) is 11.7. The van der Waals surface area contributed by atoms with Gasteiger partial charge < -0.3 is 21.3 Å². The zero-order valence-corrected chi connectivity index (χ0v) is 14.0. The van der Waals surface area contributed by atoms with Crippen LogP contribution in [0.25, 0.3) is 0 Å². The predicted molar refractivity (Wildman–Crippen MR) is 89.7 cm³/mol. The van der Waals surface area contributed by atoms with E-state index >= 15 is 0 Å². The highest BCUT2D eigenvalue weighted by Gasteiger charge is 2.28. The Morgan fingerprint density at radius 3 is 2.92 bits per heavy atom. The lowest BCUT2D eigenvalue weighted by Gasteiger charge is -2.30. The molecule has 132 valence electrons. The normalized spacial score (nSPS) is 18.5. The van der Waals surface area contributed by atoms with Gasteiger partial charge >= 0.3 is 0 Å². The molecule has 0 spiro atoms. The number of amides is 2. The third-order valence-corrected chi connectivity index (χ3v) is 4.80. The van der Waals surface area contributed by atoms with E-state index in [2.05, 4.69) is 15.7 Å². The van der Waals surface area contributed by atoms with Crippen LogP contribution in [0.2, 0.25) is 0 Å². The molecule has 2 amide bonds. The Bertz CT molecular complexity index is 593. The van der Waals surface area contributed by atoms with Crippen LogP contribution in [0.15, 0.2) is 6.07 Å². The molecule has 3 rings (SSSR count). The van der Waals surface area contributed by atoms with E-state index in [1.165, 1.54) is 12.8 Å². The van der Waals surface area contributed by atoms with Crippen LogP contribution in [0.4, 0.5) is 0 Å². The Labute approximate surface area is 141 Å². The van der Waals surface area contributed by atoms with E-state index in [0.29, 0.717) is 37.8 Å². The average Bonchev–Trinajstić information content (AvgIpc) is 3.05. The molecule has 2 aliphatic rings. The van der Waals surface area contributed by atoms with Gasteiger partial charge in [-0.05, 0) is 38.3 Å². The Balaban J connectivity index is 1.60. The fourth-order valence-electron chi connectivity index (χ4n) is 3.35. The molecule has 0 aromatic carbocycles. The molecule has 1 aromatic rings. The number of hydrogen-bond acceptors (Lipinski definition) is 5. The Kier molecular flexibility index (Phi) is 5.47. The third-order valence-electron chi connectivity index (χ3n) is 4.80. The summed E-state index contributed by atoms with van der Waals surface area (Å²) in [5.41, 5.74) is 6.17. The van der Waals surface area contributed by atoms with Crippen LogP contribution < -0.4 is 16.4 Å². The van der Waals surface area contributed by atoms with Gasteiger partial charge in [0.15, 0.2) is 5.69 Å². The van der Waals surface area contributed by atoms with Crippen LogP contribution in [0, 0.1) is 5.92 Å². The van der Waals surface area contributed by atoms with Crippen molar-refractivity contribution >= 4 is 11.8 Å². The smallest absolute Gasteiger partial charge is 0.272 e. The molecular formula is C16H26N6O2. The highest BCUT2D eigenvalue weighted by Crippen LogP contribution is 2.19. The third kappa shape index (κ3) is 3.76. The average molecular weight is 334 g/mol. The van der Waals surface area contributed by atoms with Gasteiger partial charge in [0.2, 0.25) is 0 Å². The summed E-state index contributed by atoms with van der Waals surface area (Å²) in [6, 6.07) is 1.59. The molecule has 8 heteroatoms. The van der Waals surface area contributed by atoms with E-state index in [9.17, 15) is 9.59 Å². The van der Waals surface area contributed by atoms with E-state index in [0.717, 1.165) is 26.1 Å². The van der Waals surface area contributed by atoms with E-state index < -0.39 is 0 Å². The maximum absolute atomic E-state index is 12.6. The SMILES string of the molecule is NCCNC(=O)c1cc2n(n1)CCN(CCC1CCNCC1)C2=O. The largest absolute Gasteiger partial charge is 0.349 e. The number of fused-ring (bicyclic) bond motifs is 1. The van der Waals surface area contributed by atoms with Gasteiger partial charge in [0.1, 0.15) is 5.69 Å².